The van der Waals surface area contributed by atoms with Crippen molar-refractivity contribution in [1.82, 2.24) is 9.88 Å². The number of carbonyl (C=O) groups excluding carboxylic acids is 1. The van der Waals surface area contributed by atoms with Crippen LogP contribution in [0.3, 0.4) is 0 Å². The minimum Gasteiger partial charge on any atom is -0.485 e. The summed E-state index contributed by atoms with van der Waals surface area (Å²) in [6, 6.07) is 8.82. The molecule has 7 nitrogen and oxygen atoms in total. The first-order valence-corrected chi connectivity index (χ1v) is 13.2. The van der Waals surface area contributed by atoms with Crippen molar-refractivity contribution in [2.24, 2.45) is 5.92 Å². The number of aromatic nitrogens is 1. The van der Waals surface area contributed by atoms with Crippen LogP contribution in [-0.2, 0) is 21.0 Å². The van der Waals surface area contributed by atoms with E-state index in [0.717, 1.165) is 41.8 Å². The van der Waals surface area contributed by atoms with Crippen LogP contribution in [0.15, 0.2) is 41.4 Å². The van der Waals surface area contributed by atoms with Crippen molar-refractivity contribution in [3.05, 3.63) is 42.1 Å². The summed E-state index contributed by atoms with van der Waals surface area (Å²) in [7, 11) is -3.23. The highest BCUT2D eigenvalue weighted by Crippen LogP contribution is 2.43. The van der Waals surface area contributed by atoms with Crippen LogP contribution in [0.25, 0.3) is 11.3 Å². The van der Waals surface area contributed by atoms with E-state index in [2.05, 4.69) is 11.9 Å². The number of hydrogen-bond donors (Lipinski definition) is 0. The van der Waals surface area contributed by atoms with E-state index in [0.29, 0.717) is 23.9 Å². The van der Waals surface area contributed by atoms with E-state index in [-0.39, 0.29) is 11.7 Å². The maximum absolute atomic E-state index is 12.4. The average molecular weight is 473 g/mol. The highest BCUT2D eigenvalue weighted by molar-refractivity contribution is 7.90. The molecule has 3 heterocycles. The smallest absolute Gasteiger partial charge is 0.410 e. The number of fused-ring (bicyclic) bond motifs is 1. The first-order valence-electron chi connectivity index (χ1n) is 11.3. The summed E-state index contributed by atoms with van der Waals surface area (Å²) in [4.78, 5) is 19.0. The molecule has 1 aromatic carbocycles. The van der Waals surface area contributed by atoms with Crippen molar-refractivity contribution in [2.45, 2.75) is 63.1 Å². The van der Waals surface area contributed by atoms with Gasteiger partial charge in [-0.25, -0.2) is 13.2 Å². The van der Waals surface area contributed by atoms with E-state index in [1.165, 1.54) is 6.26 Å². The molecule has 0 aliphatic carbocycles. The lowest BCUT2D eigenvalue weighted by Gasteiger charge is -2.40. The number of sulfone groups is 1. The maximum atomic E-state index is 12.4. The zero-order valence-electron chi connectivity index (χ0n) is 19.9. The molecule has 0 unspecified atom stereocenters. The molecule has 33 heavy (non-hydrogen) atoms. The van der Waals surface area contributed by atoms with Crippen LogP contribution in [0, 0.1) is 5.92 Å². The Morgan fingerprint density at radius 1 is 1.18 bits per heavy atom. The van der Waals surface area contributed by atoms with Gasteiger partial charge in [0.1, 0.15) is 17.0 Å². The van der Waals surface area contributed by atoms with E-state index in [9.17, 15) is 13.2 Å². The number of amides is 1. The number of piperidine rings is 1. The monoisotopic (exact) mass is 472 g/mol. The lowest BCUT2D eigenvalue weighted by Crippen LogP contribution is -2.48. The summed E-state index contributed by atoms with van der Waals surface area (Å²) in [6.45, 7) is 9.09. The third-order valence-corrected chi connectivity index (χ3v) is 7.55. The fraction of sp³-hybridized carbons (Fsp3) is 0.520. The molecule has 0 spiro atoms. The molecular weight excluding hydrogens is 440 g/mol. The van der Waals surface area contributed by atoms with Crippen LogP contribution in [0.1, 0.15) is 46.1 Å². The molecule has 2 aliphatic rings. The second-order valence-electron chi connectivity index (χ2n) is 10.3. The van der Waals surface area contributed by atoms with Crippen LogP contribution in [0.5, 0.6) is 5.75 Å². The molecule has 0 saturated carbocycles. The van der Waals surface area contributed by atoms with Crippen LogP contribution in [0.4, 0.5) is 4.79 Å². The van der Waals surface area contributed by atoms with Crippen LogP contribution >= 0.6 is 0 Å². The number of benzene rings is 1. The van der Waals surface area contributed by atoms with Gasteiger partial charge in [-0.15, -0.1) is 0 Å². The van der Waals surface area contributed by atoms with Gasteiger partial charge in [-0.1, -0.05) is 12.1 Å². The van der Waals surface area contributed by atoms with Crippen molar-refractivity contribution in [2.75, 3.05) is 19.3 Å². The number of rotatable bonds is 3. The van der Waals surface area contributed by atoms with Crippen LogP contribution in [0.2, 0.25) is 0 Å². The largest absolute Gasteiger partial charge is 0.485 e. The highest BCUT2D eigenvalue weighted by Gasteiger charge is 2.44. The van der Waals surface area contributed by atoms with Gasteiger partial charge in [0, 0.05) is 42.8 Å². The van der Waals surface area contributed by atoms with Crippen molar-refractivity contribution >= 4 is 15.9 Å². The molecular formula is C25H32N2O5S. The number of carbonyl (C=O) groups is 1. The predicted octanol–water partition coefficient (Wildman–Crippen LogP) is 4.49. The molecule has 1 fully saturated rings. The Bertz CT molecular complexity index is 1150. The molecule has 4 rings (SSSR count). The summed E-state index contributed by atoms with van der Waals surface area (Å²) in [5.74, 6) is 1.12. The Balaban J connectivity index is 1.43. The first-order chi connectivity index (χ1) is 15.3. The van der Waals surface area contributed by atoms with E-state index in [1.807, 2.05) is 26.8 Å². The van der Waals surface area contributed by atoms with Gasteiger partial charge in [-0.2, -0.15) is 0 Å². The normalized spacial score (nSPS) is 21.4. The Labute approximate surface area is 196 Å². The SMILES string of the molecule is CC(C)(C)OC(=O)N1CCC([C@]2(C)Cc3cc(-c4ccc(S(C)(=O)=O)cc4)ncc3O2)CC1. The van der Waals surface area contributed by atoms with Gasteiger partial charge in [0.15, 0.2) is 9.84 Å². The van der Waals surface area contributed by atoms with Gasteiger partial charge >= 0.3 is 6.09 Å². The van der Waals surface area contributed by atoms with E-state index in [1.54, 1.807) is 35.4 Å². The molecule has 0 N–H and O–H groups in total. The zero-order valence-corrected chi connectivity index (χ0v) is 20.7. The second-order valence-corrected chi connectivity index (χ2v) is 12.3. The van der Waals surface area contributed by atoms with Gasteiger partial charge in [0.05, 0.1) is 16.8 Å². The standard InChI is InChI=1S/C25H32N2O5S/c1-24(2,3)32-23(28)27-12-10-19(11-13-27)25(4)15-18-14-21(26-16-22(18)31-25)17-6-8-20(9-7-17)33(5,29)30/h6-9,14,16,19H,10-13,15H2,1-5H3/t25-/m0/s1. The second kappa shape index (κ2) is 8.31. The molecule has 2 aromatic rings. The summed E-state index contributed by atoms with van der Waals surface area (Å²) in [5, 5.41) is 0. The molecule has 178 valence electrons. The van der Waals surface area contributed by atoms with Crippen molar-refractivity contribution in [3.63, 3.8) is 0 Å². The third kappa shape index (κ3) is 5.16. The van der Waals surface area contributed by atoms with Crippen LogP contribution < -0.4 is 4.74 Å². The number of hydrogen-bond acceptors (Lipinski definition) is 6. The molecule has 1 saturated heterocycles. The van der Waals surface area contributed by atoms with Crippen molar-refractivity contribution in [3.8, 4) is 17.0 Å². The fourth-order valence-corrected chi connectivity index (χ4v) is 5.27. The highest BCUT2D eigenvalue weighted by atomic mass is 32.2. The summed E-state index contributed by atoms with van der Waals surface area (Å²) in [5.41, 5.74) is 1.92. The number of pyridine rings is 1. The van der Waals surface area contributed by atoms with Gasteiger partial charge in [0.2, 0.25) is 0 Å². The number of nitrogens with zero attached hydrogens (tertiary/aromatic N) is 2. The Hall–Kier alpha value is -2.61. The molecule has 1 amide bonds. The zero-order chi connectivity index (χ0) is 24.0. The first kappa shape index (κ1) is 23.5. The minimum atomic E-state index is -3.23. The van der Waals surface area contributed by atoms with E-state index in [4.69, 9.17) is 9.47 Å². The van der Waals surface area contributed by atoms with Crippen molar-refractivity contribution < 1.29 is 22.7 Å². The van der Waals surface area contributed by atoms with Gasteiger partial charge < -0.3 is 14.4 Å². The van der Waals surface area contributed by atoms with Gasteiger partial charge in [0.25, 0.3) is 0 Å². The molecule has 2 aliphatic heterocycles. The lowest BCUT2D eigenvalue weighted by molar-refractivity contribution is -0.00829. The Morgan fingerprint density at radius 2 is 1.82 bits per heavy atom. The van der Waals surface area contributed by atoms with Crippen molar-refractivity contribution in [1.29, 1.82) is 0 Å². The Morgan fingerprint density at radius 3 is 2.39 bits per heavy atom. The number of ether oxygens (including phenoxy) is 2. The summed E-state index contributed by atoms with van der Waals surface area (Å²) < 4.78 is 35.3. The molecule has 0 bridgehead atoms. The molecule has 1 aromatic heterocycles. The summed E-state index contributed by atoms with van der Waals surface area (Å²) >= 11 is 0. The Kier molecular flexibility index (Phi) is 5.93. The third-order valence-electron chi connectivity index (χ3n) is 6.42. The molecule has 8 heteroatoms. The number of likely N-dealkylation sites (tertiary alicyclic amines) is 1. The topological polar surface area (TPSA) is 85.8 Å². The molecule has 0 radical (unpaired) electrons. The fourth-order valence-electron chi connectivity index (χ4n) is 4.64. The molecule has 1 atom stereocenters. The average Bonchev–Trinajstić information content (AvgIpc) is 3.08. The predicted molar refractivity (Wildman–Crippen MR) is 126 cm³/mol. The quantitative estimate of drug-likeness (QED) is 0.654. The van der Waals surface area contributed by atoms with Crippen LogP contribution in [-0.4, -0.2) is 54.9 Å². The lowest BCUT2D eigenvalue weighted by atomic mass is 9.79. The van der Waals surface area contributed by atoms with E-state index < -0.39 is 15.4 Å². The minimum absolute atomic E-state index is 0.252. The maximum Gasteiger partial charge on any atom is 0.410 e. The van der Waals surface area contributed by atoms with Gasteiger partial charge in [-0.3, -0.25) is 4.98 Å². The van der Waals surface area contributed by atoms with Gasteiger partial charge in [-0.05, 0) is 58.7 Å². The van der Waals surface area contributed by atoms with E-state index >= 15 is 0 Å². The summed E-state index contributed by atoms with van der Waals surface area (Å²) in [6.07, 6.45) is 5.20.